The van der Waals surface area contributed by atoms with Crippen LogP contribution in [0.2, 0.25) is 0 Å². The Bertz CT molecular complexity index is 1070. The van der Waals surface area contributed by atoms with Crippen molar-refractivity contribution in [3.8, 4) is 11.5 Å². The zero-order valence-electron chi connectivity index (χ0n) is 15.5. The highest BCUT2D eigenvalue weighted by Gasteiger charge is 2.49. The van der Waals surface area contributed by atoms with Gasteiger partial charge in [-0.2, -0.15) is 0 Å². The van der Waals surface area contributed by atoms with Gasteiger partial charge in [0.05, 0.1) is 24.1 Å². The van der Waals surface area contributed by atoms with Crippen LogP contribution in [-0.2, 0) is 21.2 Å². The van der Waals surface area contributed by atoms with Crippen LogP contribution in [0.25, 0.3) is 0 Å². The molecule has 0 bridgehead atoms. The van der Waals surface area contributed by atoms with Gasteiger partial charge in [-0.05, 0) is 42.0 Å². The van der Waals surface area contributed by atoms with Crippen molar-refractivity contribution in [3.63, 3.8) is 0 Å². The van der Waals surface area contributed by atoms with Gasteiger partial charge in [-0.15, -0.1) is 0 Å². The highest BCUT2D eigenvalue weighted by molar-refractivity contribution is 9.10. The van der Waals surface area contributed by atoms with E-state index in [0.29, 0.717) is 18.0 Å². The second-order valence-electron chi connectivity index (χ2n) is 7.54. The molecule has 0 aliphatic carbocycles. The number of halogens is 1. The van der Waals surface area contributed by atoms with E-state index < -0.39 is 15.9 Å². The van der Waals surface area contributed by atoms with Gasteiger partial charge in [0.15, 0.2) is 21.3 Å². The number of amides is 1. The number of hydrogen-bond acceptors (Lipinski definition) is 6. The van der Waals surface area contributed by atoms with E-state index in [-0.39, 0.29) is 36.8 Å². The van der Waals surface area contributed by atoms with Crippen LogP contribution in [0.3, 0.4) is 0 Å². The monoisotopic (exact) mass is 478 g/mol. The maximum absolute atomic E-state index is 13.1. The minimum absolute atomic E-state index is 0.0168. The van der Waals surface area contributed by atoms with Gasteiger partial charge in [-0.25, -0.2) is 8.42 Å². The topological polar surface area (TPSA) is 76.1 Å². The number of benzene rings is 2. The summed E-state index contributed by atoms with van der Waals surface area (Å²) in [5, 5.41) is 0. The van der Waals surface area contributed by atoms with Crippen molar-refractivity contribution in [2.45, 2.75) is 18.6 Å². The molecular weight excluding hydrogens is 460 g/mol. The van der Waals surface area contributed by atoms with Crippen molar-refractivity contribution in [1.29, 1.82) is 0 Å². The molecule has 2 atom stereocenters. The summed E-state index contributed by atoms with van der Waals surface area (Å²) < 4.78 is 36.6. The molecule has 2 aromatic carbocycles. The predicted octanol–water partition coefficient (Wildman–Crippen LogP) is 2.19. The number of carbonyl (C=O) groups excluding carboxylic acids is 1. The molecule has 0 saturated carbocycles. The molecule has 152 valence electrons. The molecule has 3 heterocycles. The van der Waals surface area contributed by atoms with Crippen molar-refractivity contribution >= 4 is 37.4 Å². The molecule has 2 aromatic rings. The molecule has 2 saturated heterocycles. The van der Waals surface area contributed by atoms with E-state index in [0.717, 1.165) is 15.7 Å². The number of anilines is 1. The van der Waals surface area contributed by atoms with Crippen LogP contribution in [0.1, 0.15) is 5.56 Å². The van der Waals surface area contributed by atoms with Crippen LogP contribution in [0.4, 0.5) is 5.69 Å². The lowest BCUT2D eigenvalue weighted by atomic mass is 10.0. The summed E-state index contributed by atoms with van der Waals surface area (Å²) in [5.41, 5.74) is 1.69. The van der Waals surface area contributed by atoms with Gasteiger partial charge in [0.2, 0.25) is 12.7 Å². The van der Waals surface area contributed by atoms with Crippen molar-refractivity contribution < 1.29 is 22.7 Å². The molecule has 0 radical (unpaired) electrons. The average Bonchev–Trinajstić information content (AvgIpc) is 3.26. The fraction of sp³-hybridized carbons (Fsp3) is 0.350. The van der Waals surface area contributed by atoms with Crippen molar-refractivity contribution in [1.82, 2.24) is 4.90 Å². The molecule has 1 amide bonds. The van der Waals surface area contributed by atoms with Crippen molar-refractivity contribution in [2.75, 3.05) is 29.7 Å². The molecular formula is C20H19BrN2O5S. The number of nitrogens with zero attached hydrogens (tertiary/aromatic N) is 2. The lowest BCUT2D eigenvalue weighted by Crippen LogP contribution is -2.61. The first-order valence-electron chi connectivity index (χ1n) is 9.30. The van der Waals surface area contributed by atoms with Crippen molar-refractivity contribution in [3.05, 3.63) is 52.5 Å². The Morgan fingerprint density at radius 2 is 1.72 bits per heavy atom. The molecule has 0 aromatic heterocycles. The second-order valence-corrected chi connectivity index (χ2v) is 10.6. The van der Waals surface area contributed by atoms with Gasteiger partial charge in [0, 0.05) is 22.7 Å². The molecule has 3 aliphatic rings. The zero-order valence-corrected chi connectivity index (χ0v) is 17.9. The molecule has 0 N–H and O–H groups in total. The number of sulfone groups is 1. The fourth-order valence-electron chi connectivity index (χ4n) is 4.34. The average molecular weight is 479 g/mol. The Balaban J connectivity index is 1.45. The van der Waals surface area contributed by atoms with Gasteiger partial charge in [-0.1, -0.05) is 22.0 Å². The zero-order chi connectivity index (χ0) is 20.2. The largest absolute Gasteiger partial charge is 0.454 e. The van der Waals surface area contributed by atoms with Crippen LogP contribution in [0.5, 0.6) is 11.5 Å². The predicted molar refractivity (Wildman–Crippen MR) is 111 cm³/mol. The first-order chi connectivity index (χ1) is 13.9. The Kier molecular flexibility index (Phi) is 4.56. The number of fused-ring (bicyclic) bond motifs is 2. The number of rotatable bonds is 3. The summed E-state index contributed by atoms with van der Waals surface area (Å²) in [7, 11) is -3.23. The summed E-state index contributed by atoms with van der Waals surface area (Å²) in [6, 6.07) is 12.4. The van der Waals surface area contributed by atoms with E-state index >= 15 is 0 Å². The van der Waals surface area contributed by atoms with E-state index in [1.807, 2.05) is 47.4 Å². The van der Waals surface area contributed by atoms with Crippen LogP contribution in [-0.4, -0.2) is 56.2 Å². The highest BCUT2D eigenvalue weighted by Crippen LogP contribution is 2.35. The molecule has 29 heavy (non-hydrogen) atoms. The highest BCUT2D eigenvalue weighted by atomic mass is 79.9. The molecule has 3 aliphatic heterocycles. The molecule has 5 rings (SSSR count). The maximum Gasteiger partial charge on any atom is 0.241 e. The minimum Gasteiger partial charge on any atom is -0.454 e. The van der Waals surface area contributed by atoms with E-state index in [1.165, 1.54) is 0 Å². The summed E-state index contributed by atoms with van der Waals surface area (Å²) >= 11 is 3.40. The second kappa shape index (κ2) is 7.00. The third kappa shape index (κ3) is 3.51. The standard InChI is InChI=1S/C20H19BrN2O5S/c21-14-2-4-15(5-3-14)23-17-11-29(25,26)10-16(17)22(9-20(23)24)8-13-1-6-18-19(7-13)28-12-27-18/h1-7,16-17H,8-12H2/t16-,17+/m1/s1. The van der Waals surface area contributed by atoms with E-state index in [2.05, 4.69) is 15.9 Å². The summed E-state index contributed by atoms with van der Waals surface area (Å²) in [5.74, 6) is 1.33. The van der Waals surface area contributed by atoms with Crippen molar-refractivity contribution in [2.24, 2.45) is 0 Å². The van der Waals surface area contributed by atoms with E-state index in [1.54, 1.807) is 4.90 Å². The van der Waals surface area contributed by atoms with Gasteiger partial charge in [0.25, 0.3) is 0 Å². The Morgan fingerprint density at radius 1 is 1.00 bits per heavy atom. The Hall–Kier alpha value is -2.10. The molecule has 9 heteroatoms. The SMILES string of the molecule is O=C1CN(Cc2ccc3c(c2)OCO3)[C@@H]2CS(=O)(=O)C[C@@H]2N1c1ccc(Br)cc1. The first kappa shape index (κ1) is 18.9. The van der Waals surface area contributed by atoms with Gasteiger partial charge in [-0.3, -0.25) is 9.69 Å². The fourth-order valence-corrected chi connectivity index (χ4v) is 6.59. The van der Waals surface area contributed by atoms with Crippen LogP contribution < -0.4 is 14.4 Å². The summed E-state index contributed by atoms with van der Waals surface area (Å²) in [6.45, 7) is 0.848. The summed E-state index contributed by atoms with van der Waals surface area (Å²) in [4.78, 5) is 16.7. The van der Waals surface area contributed by atoms with E-state index in [4.69, 9.17) is 9.47 Å². The molecule has 7 nitrogen and oxygen atoms in total. The molecule has 0 unspecified atom stereocenters. The molecule has 0 spiro atoms. The number of hydrogen-bond donors (Lipinski definition) is 0. The first-order valence-corrected chi connectivity index (χ1v) is 11.9. The van der Waals surface area contributed by atoms with Crippen LogP contribution in [0.15, 0.2) is 46.9 Å². The van der Waals surface area contributed by atoms with Crippen LogP contribution >= 0.6 is 15.9 Å². The van der Waals surface area contributed by atoms with Gasteiger partial charge in [0.1, 0.15) is 0 Å². The van der Waals surface area contributed by atoms with Gasteiger partial charge < -0.3 is 14.4 Å². The van der Waals surface area contributed by atoms with Crippen LogP contribution in [0, 0.1) is 0 Å². The Morgan fingerprint density at radius 3 is 2.52 bits per heavy atom. The third-order valence-corrected chi connectivity index (χ3v) is 7.86. The smallest absolute Gasteiger partial charge is 0.241 e. The maximum atomic E-state index is 13.1. The quantitative estimate of drug-likeness (QED) is 0.672. The third-order valence-electron chi connectivity index (χ3n) is 5.63. The lowest BCUT2D eigenvalue weighted by molar-refractivity contribution is -0.123. The molecule has 2 fully saturated rings. The minimum atomic E-state index is -3.23. The number of ether oxygens (including phenoxy) is 2. The Labute approximate surface area is 177 Å². The summed E-state index contributed by atoms with van der Waals surface area (Å²) in [6.07, 6.45) is 0. The van der Waals surface area contributed by atoms with Gasteiger partial charge >= 0.3 is 0 Å². The lowest BCUT2D eigenvalue weighted by Gasteiger charge is -2.43. The number of piperazine rings is 1. The van der Waals surface area contributed by atoms with E-state index in [9.17, 15) is 13.2 Å². The number of carbonyl (C=O) groups is 1. The normalized spacial score (nSPS) is 25.3.